The van der Waals surface area contributed by atoms with Crippen LogP contribution >= 0.6 is 15.9 Å². The second-order valence-electron chi connectivity index (χ2n) is 6.11. The molecule has 156 valence electrons. The largest absolute Gasteiger partial charge is 0.508 e. The van der Waals surface area contributed by atoms with Crippen LogP contribution in [0.4, 0.5) is 0 Å². The third-order valence-electron chi connectivity index (χ3n) is 3.84. The number of halogens is 1. The molecule has 2 aromatic carbocycles. The molecule has 2 aromatic rings. The molecule has 0 radical (unpaired) electrons. The highest BCUT2D eigenvalue weighted by Crippen LogP contribution is 2.14. The lowest BCUT2D eigenvalue weighted by Gasteiger charge is -2.08. The molecule has 10 heteroatoms. The topological polar surface area (TPSA) is 125 Å². The van der Waals surface area contributed by atoms with Gasteiger partial charge in [-0.15, -0.1) is 0 Å². The van der Waals surface area contributed by atoms with Gasteiger partial charge in [-0.1, -0.05) is 22.0 Å². The van der Waals surface area contributed by atoms with E-state index in [1.54, 1.807) is 24.3 Å². The van der Waals surface area contributed by atoms with Gasteiger partial charge in [0.25, 0.3) is 5.91 Å². The highest BCUT2D eigenvalue weighted by molar-refractivity contribution is 9.10. The summed E-state index contributed by atoms with van der Waals surface area (Å²) in [7, 11) is -3.66. The molecular formula is C19H22BrN3O5S. The van der Waals surface area contributed by atoms with Crippen molar-refractivity contribution in [2.24, 2.45) is 0 Å². The molecular weight excluding hydrogens is 462 g/mol. The smallest absolute Gasteiger partial charge is 0.251 e. The molecule has 0 aliphatic heterocycles. The first-order chi connectivity index (χ1) is 13.8. The zero-order valence-electron chi connectivity index (χ0n) is 15.5. The van der Waals surface area contributed by atoms with Gasteiger partial charge in [0.15, 0.2) is 0 Å². The van der Waals surface area contributed by atoms with Gasteiger partial charge in [-0.25, -0.2) is 13.1 Å². The summed E-state index contributed by atoms with van der Waals surface area (Å²) in [5.41, 5.74) is 0.354. The number of carbonyl (C=O) groups excluding carboxylic acids is 2. The molecule has 0 aliphatic rings. The van der Waals surface area contributed by atoms with Gasteiger partial charge >= 0.3 is 0 Å². The first kappa shape index (κ1) is 22.9. The number of carbonyl (C=O) groups is 2. The Morgan fingerprint density at radius 3 is 2.34 bits per heavy atom. The van der Waals surface area contributed by atoms with Gasteiger partial charge in [0.1, 0.15) is 5.75 Å². The number of aromatic hydroxyl groups is 1. The Hall–Kier alpha value is -2.43. The van der Waals surface area contributed by atoms with Gasteiger partial charge in [-0.2, -0.15) is 0 Å². The quantitative estimate of drug-likeness (QED) is 0.383. The maximum Gasteiger partial charge on any atom is 0.251 e. The maximum absolute atomic E-state index is 12.1. The minimum atomic E-state index is -3.66. The van der Waals surface area contributed by atoms with Gasteiger partial charge in [-0.05, 0) is 48.9 Å². The molecule has 2 amide bonds. The predicted octanol–water partition coefficient (Wildman–Crippen LogP) is 1.76. The van der Waals surface area contributed by atoms with Crippen molar-refractivity contribution in [3.05, 3.63) is 58.6 Å². The molecule has 2 rings (SSSR count). The van der Waals surface area contributed by atoms with Crippen molar-refractivity contribution in [3.63, 3.8) is 0 Å². The summed E-state index contributed by atoms with van der Waals surface area (Å²) < 4.78 is 27.4. The Bertz CT molecular complexity index is 949. The van der Waals surface area contributed by atoms with Gasteiger partial charge < -0.3 is 15.7 Å². The first-order valence-electron chi connectivity index (χ1n) is 8.87. The highest BCUT2D eigenvalue weighted by atomic mass is 79.9. The Balaban J connectivity index is 1.61. The first-order valence-corrected chi connectivity index (χ1v) is 11.1. The van der Waals surface area contributed by atoms with Crippen LogP contribution in [0.1, 0.15) is 23.2 Å². The van der Waals surface area contributed by atoms with E-state index in [-0.39, 0.29) is 35.4 Å². The molecule has 0 fully saturated rings. The van der Waals surface area contributed by atoms with Crippen LogP contribution in [0.3, 0.4) is 0 Å². The number of hydrogen-bond acceptors (Lipinski definition) is 5. The van der Waals surface area contributed by atoms with Crippen molar-refractivity contribution in [2.75, 3.05) is 19.6 Å². The summed E-state index contributed by atoms with van der Waals surface area (Å²) in [6.07, 6.45) is 0.520. The fraction of sp³-hybridized carbons (Fsp3) is 0.263. The Labute approximate surface area is 177 Å². The highest BCUT2D eigenvalue weighted by Gasteiger charge is 2.13. The monoisotopic (exact) mass is 483 g/mol. The summed E-state index contributed by atoms with van der Waals surface area (Å²) in [5, 5.41) is 14.7. The summed E-state index contributed by atoms with van der Waals surface area (Å²) in [6.45, 7) is 0.683. The lowest BCUT2D eigenvalue weighted by Crippen LogP contribution is -2.32. The lowest BCUT2D eigenvalue weighted by molar-refractivity contribution is -0.120. The van der Waals surface area contributed by atoms with E-state index in [0.717, 1.165) is 4.47 Å². The van der Waals surface area contributed by atoms with E-state index in [9.17, 15) is 23.1 Å². The van der Waals surface area contributed by atoms with E-state index >= 15 is 0 Å². The second kappa shape index (κ2) is 10.9. The van der Waals surface area contributed by atoms with Gasteiger partial charge in [-0.3, -0.25) is 9.59 Å². The van der Waals surface area contributed by atoms with E-state index in [2.05, 4.69) is 31.3 Å². The van der Waals surface area contributed by atoms with Gasteiger partial charge in [0.05, 0.1) is 4.90 Å². The van der Waals surface area contributed by atoms with Crippen LogP contribution in [-0.2, 0) is 14.8 Å². The van der Waals surface area contributed by atoms with Crippen LogP contribution in [0.5, 0.6) is 5.75 Å². The minimum absolute atomic E-state index is 0.00537. The average Bonchev–Trinajstić information content (AvgIpc) is 2.67. The van der Waals surface area contributed by atoms with Crippen LogP contribution in [0.25, 0.3) is 0 Å². The summed E-state index contributed by atoms with van der Waals surface area (Å²) in [4.78, 5) is 23.8. The molecule has 29 heavy (non-hydrogen) atoms. The molecule has 0 aromatic heterocycles. The number of phenols is 1. The number of nitrogens with one attached hydrogen (secondary N) is 3. The van der Waals surface area contributed by atoms with Crippen molar-refractivity contribution in [3.8, 4) is 5.75 Å². The SMILES string of the molecule is O=C(CCNS(=O)(=O)c1ccc(Br)cc1)NCCCNC(=O)c1cccc(O)c1. The standard InChI is InChI=1S/C19H22BrN3O5S/c20-15-5-7-17(8-6-15)29(27,28)23-12-9-18(25)21-10-2-11-22-19(26)14-3-1-4-16(24)13-14/h1,3-8,13,23-24H,2,9-12H2,(H,21,25)(H,22,26). The molecule has 0 spiro atoms. The van der Waals surface area contributed by atoms with Crippen molar-refractivity contribution in [2.45, 2.75) is 17.7 Å². The van der Waals surface area contributed by atoms with Crippen molar-refractivity contribution < 1.29 is 23.1 Å². The maximum atomic E-state index is 12.1. The number of phenolic OH excluding ortho intramolecular Hbond substituents is 1. The molecule has 0 aliphatic carbocycles. The lowest BCUT2D eigenvalue weighted by atomic mass is 10.2. The molecule has 0 unspecified atom stereocenters. The van der Waals surface area contributed by atoms with Crippen molar-refractivity contribution in [1.82, 2.24) is 15.4 Å². The zero-order valence-corrected chi connectivity index (χ0v) is 17.9. The predicted molar refractivity (Wildman–Crippen MR) is 112 cm³/mol. The van der Waals surface area contributed by atoms with Crippen LogP contribution in [0, 0.1) is 0 Å². The fourth-order valence-corrected chi connectivity index (χ4v) is 3.65. The molecule has 0 heterocycles. The molecule has 4 N–H and O–H groups in total. The van der Waals surface area contributed by atoms with Crippen LogP contribution in [0.15, 0.2) is 57.9 Å². The Kier molecular flexibility index (Phi) is 8.62. The fourth-order valence-electron chi connectivity index (χ4n) is 2.35. The normalized spacial score (nSPS) is 11.1. The Morgan fingerprint density at radius 2 is 1.66 bits per heavy atom. The van der Waals surface area contributed by atoms with Gasteiger partial charge in [0, 0.05) is 36.1 Å². The van der Waals surface area contributed by atoms with Gasteiger partial charge in [0.2, 0.25) is 15.9 Å². The third-order valence-corrected chi connectivity index (χ3v) is 5.84. The summed E-state index contributed by atoms with van der Waals surface area (Å²) in [6, 6.07) is 12.2. The zero-order chi connectivity index (χ0) is 21.3. The average molecular weight is 484 g/mol. The molecule has 0 atom stereocenters. The van der Waals surface area contributed by atoms with E-state index in [1.807, 2.05) is 0 Å². The minimum Gasteiger partial charge on any atom is -0.508 e. The number of rotatable bonds is 10. The second-order valence-corrected chi connectivity index (χ2v) is 8.79. The summed E-state index contributed by atoms with van der Waals surface area (Å²) in [5.74, 6) is -0.585. The third kappa shape index (κ3) is 7.84. The van der Waals surface area contributed by atoms with E-state index in [1.165, 1.54) is 24.3 Å². The van der Waals surface area contributed by atoms with E-state index in [4.69, 9.17) is 0 Å². The van der Waals surface area contributed by atoms with Crippen LogP contribution < -0.4 is 15.4 Å². The molecule has 0 saturated heterocycles. The number of hydrogen-bond donors (Lipinski definition) is 4. The number of sulfonamides is 1. The van der Waals surface area contributed by atoms with Crippen molar-refractivity contribution in [1.29, 1.82) is 0 Å². The number of amides is 2. The number of benzene rings is 2. The van der Waals surface area contributed by atoms with Crippen LogP contribution in [-0.4, -0.2) is 45.0 Å². The van der Waals surface area contributed by atoms with E-state index in [0.29, 0.717) is 25.1 Å². The Morgan fingerprint density at radius 1 is 0.966 bits per heavy atom. The van der Waals surface area contributed by atoms with Crippen LogP contribution in [0.2, 0.25) is 0 Å². The molecule has 0 saturated carbocycles. The molecule has 8 nitrogen and oxygen atoms in total. The van der Waals surface area contributed by atoms with E-state index < -0.39 is 10.0 Å². The summed E-state index contributed by atoms with van der Waals surface area (Å²) >= 11 is 3.24. The van der Waals surface area contributed by atoms with Crippen molar-refractivity contribution >= 4 is 37.8 Å². The molecule has 0 bridgehead atoms.